The largest absolute Gasteiger partial charge is 0.559 e. The van der Waals surface area contributed by atoms with Crippen molar-refractivity contribution in [1.82, 2.24) is 0 Å². The van der Waals surface area contributed by atoms with Crippen LogP contribution in [0.15, 0.2) is 0 Å². The Hall–Kier alpha value is -0.370. The Kier molecular flexibility index (Phi) is 5.41. The molecule has 0 atom stereocenters. The van der Waals surface area contributed by atoms with Gasteiger partial charge in [-0.25, -0.2) is 0 Å². The molecule has 0 saturated heterocycles. The molecule has 0 saturated carbocycles. The maximum absolute atomic E-state index is 9.78. The Balaban J connectivity index is 0. The summed E-state index contributed by atoms with van der Waals surface area (Å²) in [5, 5.41) is 0. The average Bonchev–Trinajstić information content (AvgIpc) is 1.59. The fraction of sp³-hybridized carbons (Fsp3) is 1.00. The van der Waals surface area contributed by atoms with Crippen LogP contribution in [0.2, 0.25) is 0 Å². The predicted octanol–water partition coefficient (Wildman–Crippen LogP) is 1.07. The van der Waals surface area contributed by atoms with Gasteiger partial charge in [0.2, 0.25) is 0 Å². The maximum Gasteiger partial charge on any atom is 0.559 e. The molecular formula is C3H6F4O3S. The monoisotopic (exact) mass is 198 g/mol. The summed E-state index contributed by atoms with van der Waals surface area (Å²) in [6, 6.07) is 0. The minimum Gasteiger partial charge on any atom is -0.274 e. The zero-order chi connectivity index (χ0) is 9.71. The Labute approximate surface area is 61.1 Å². The second kappa shape index (κ2) is 4.50. The molecule has 0 unspecified atom stereocenters. The van der Waals surface area contributed by atoms with Gasteiger partial charge in [-0.1, -0.05) is 0 Å². The fourth-order valence-corrected chi connectivity index (χ4v) is 0. The van der Waals surface area contributed by atoms with Crippen LogP contribution in [0, 0.1) is 0 Å². The molecule has 8 heteroatoms. The van der Waals surface area contributed by atoms with Crippen LogP contribution in [0.5, 0.6) is 0 Å². The van der Waals surface area contributed by atoms with Crippen LogP contribution >= 0.6 is 0 Å². The number of alkyl halides is 4. The highest BCUT2D eigenvalue weighted by Gasteiger charge is 2.24. The normalized spacial score (nSPS) is 11.8. The lowest BCUT2D eigenvalue weighted by Gasteiger charge is -1.84. The lowest BCUT2D eigenvalue weighted by molar-refractivity contribution is -0.237. The van der Waals surface area contributed by atoms with Crippen molar-refractivity contribution in [1.29, 1.82) is 0 Å². The van der Waals surface area contributed by atoms with E-state index in [-0.39, 0.29) is 0 Å². The molecule has 0 aromatic heterocycles. The van der Waals surface area contributed by atoms with E-state index in [2.05, 4.69) is 4.18 Å². The third-order valence-electron chi connectivity index (χ3n) is 0.303. The van der Waals surface area contributed by atoms with Crippen LogP contribution in [0.4, 0.5) is 17.6 Å². The average molecular weight is 198 g/mol. The van der Waals surface area contributed by atoms with E-state index in [1.165, 1.54) is 0 Å². The van der Waals surface area contributed by atoms with Crippen molar-refractivity contribution in [3.8, 4) is 0 Å². The molecule has 0 bridgehead atoms. The molecule has 0 radical (unpaired) electrons. The van der Waals surface area contributed by atoms with Gasteiger partial charge in [0.05, 0.1) is 13.4 Å². The van der Waals surface area contributed by atoms with Gasteiger partial charge in [-0.2, -0.15) is 8.42 Å². The van der Waals surface area contributed by atoms with Gasteiger partial charge in [-0.15, -0.1) is 17.6 Å². The standard InChI is InChI=1S/C2H6O3S.CF4/c1-5-6(2,3)4;2-1(3,4)5/h1-2H3;. The van der Waals surface area contributed by atoms with Gasteiger partial charge in [0, 0.05) is 0 Å². The van der Waals surface area contributed by atoms with E-state index < -0.39 is 16.5 Å². The van der Waals surface area contributed by atoms with Gasteiger partial charge >= 0.3 is 6.43 Å². The highest BCUT2D eigenvalue weighted by Crippen LogP contribution is 2.13. The third kappa shape index (κ3) is 81.1. The molecule has 0 aromatic rings. The van der Waals surface area contributed by atoms with Gasteiger partial charge < -0.3 is 0 Å². The van der Waals surface area contributed by atoms with Crippen LogP contribution < -0.4 is 0 Å². The van der Waals surface area contributed by atoms with Gasteiger partial charge in [0.15, 0.2) is 0 Å². The molecule has 0 aromatic carbocycles. The quantitative estimate of drug-likeness (QED) is 0.467. The van der Waals surface area contributed by atoms with Crippen molar-refractivity contribution >= 4 is 10.1 Å². The van der Waals surface area contributed by atoms with Crippen LogP contribution in [0.25, 0.3) is 0 Å². The first-order valence-corrected chi connectivity index (χ1v) is 3.89. The van der Waals surface area contributed by atoms with Crippen molar-refractivity contribution in [2.24, 2.45) is 0 Å². The number of halogens is 4. The van der Waals surface area contributed by atoms with E-state index in [0.717, 1.165) is 13.4 Å². The lowest BCUT2D eigenvalue weighted by atomic mass is 11.5. The Morgan fingerprint density at radius 1 is 1.18 bits per heavy atom. The van der Waals surface area contributed by atoms with Crippen molar-refractivity contribution in [2.45, 2.75) is 6.43 Å². The smallest absolute Gasteiger partial charge is 0.274 e. The highest BCUT2D eigenvalue weighted by atomic mass is 32.2. The molecule has 0 aliphatic carbocycles. The molecule has 0 spiro atoms. The summed E-state index contributed by atoms with van der Waals surface area (Å²) in [4.78, 5) is 0. The number of rotatable bonds is 1. The summed E-state index contributed by atoms with van der Waals surface area (Å²) in [5.41, 5.74) is 0. The number of hydrogen-bond donors (Lipinski definition) is 0. The Bertz CT molecular complexity index is 175. The second-order valence-electron chi connectivity index (χ2n) is 1.30. The molecule has 0 rings (SSSR count). The summed E-state index contributed by atoms with van der Waals surface area (Å²) < 4.78 is 62.2. The molecule has 0 aliphatic heterocycles. The first kappa shape index (κ1) is 13.2. The van der Waals surface area contributed by atoms with Crippen LogP contribution in [-0.2, 0) is 14.3 Å². The van der Waals surface area contributed by atoms with Gasteiger partial charge in [0.25, 0.3) is 10.1 Å². The summed E-state index contributed by atoms with van der Waals surface area (Å²) in [6.07, 6.45) is -4.51. The Morgan fingerprint density at radius 3 is 1.27 bits per heavy atom. The summed E-state index contributed by atoms with van der Waals surface area (Å²) in [5.74, 6) is 0. The second-order valence-corrected chi connectivity index (χ2v) is 3.04. The minimum atomic E-state index is -5.50. The maximum atomic E-state index is 9.78. The van der Waals surface area contributed by atoms with Gasteiger partial charge in [-0.05, 0) is 0 Å². The molecular weight excluding hydrogens is 192 g/mol. The van der Waals surface area contributed by atoms with Crippen molar-refractivity contribution in [2.75, 3.05) is 13.4 Å². The van der Waals surface area contributed by atoms with E-state index in [1.54, 1.807) is 0 Å². The summed E-state index contributed by atoms with van der Waals surface area (Å²) in [6.45, 7) is 0. The van der Waals surface area contributed by atoms with Gasteiger partial charge in [0.1, 0.15) is 0 Å². The van der Waals surface area contributed by atoms with Crippen molar-refractivity contribution in [3.63, 3.8) is 0 Å². The van der Waals surface area contributed by atoms with E-state index in [4.69, 9.17) is 0 Å². The highest BCUT2D eigenvalue weighted by molar-refractivity contribution is 7.85. The first-order valence-electron chi connectivity index (χ1n) is 2.07. The molecule has 3 nitrogen and oxygen atoms in total. The lowest BCUT2D eigenvalue weighted by Crippen LogP contribution is -1.95. The van der Waals surface area contributed by atoms with E-state index in [1.807, 2.05) is 0 Å². The number of hydrogen-bond acceptors (Lipinski definition) is 3. The topological polar surface area (TPSA) is 43.4 Å². The van der Waals surface area contributed by atoms with Crippen molar-refractivity contribution < 1.29 is 30.2 Å². The molecule has 0 N–H and O–H groups in total. The SMILES string of the molecule is COS(C)(=O)=O.FC(F)(F)F. The third-order valence-corrected chi connectivity index (χ3v) is 0.908. The molecule has 0 heterocycles. The molecule has 0 aliphatic rings. The zero-order valence-electron chi connectivity index (χ0n) is 5.64. The Morgan fingerprint density at radius 2 is 1.27 bits per heavy atom. The van der Waals surface area contributed by atoms with Gasteiger partial charge in [-0.3, -0.25) is 4.18 Å². The molecule has 11 heavy (non-hydrogen) atoms. The summed E-state index contributed by atoms with van der Waals surface area (Å²) >= 11 is 0. The fourth-order valence-electron chi connectivity index (χ4n) is 0. The summed E-state index contributed by atoms with van der Waals surface area (Å²) in [7, 11) is -2.04. The van der Waals surface area contributed by atoms with Crippen LogP contribution in [-0.4, -0.2) is 28.2 Å². The minimum absolute atomic E-state index is 0.993. The predicted molar refractivity (Wildman–Crippen MR) is 29.0 cm³/mol. The van der Waals surface area contributed by atoms with E-state index in [0.29, 0.717) is 0 Å². The molecule has 0 fully saturated rings. The molecule has 70 valence electrons. The zero-order valence-corrected chi connectivity index (χ0v) is 6.46. The first-order chi connectivity index (χ1) is 4.56. The van der Waals surface area contributed by atoms with Crippen molar-refractivity contribution in [3.05, 3.63) is 0 Å². The van der Waals surface area contributed by atoms with E-state index >= 15 is 0 Å². The van der Waals surface area contributed by atoms with Crippen LogP contribution in [0.1, 0.15) is 0 Å². The van der Waals surface area contributed by atoms with Crippen LogP contribution in [0.3, 0.4) is 0 Å². The van der Waals surface area contributed by atoms with E-state index in [9.17, 15) is 26.0 Å². The molecule has 0 amide bonds.